The zero-order valence-electron chi connectivity index (χ0n) is 18.8. The molecule has 2 aliphatic rings. The third-order valence-corrected chi connectivity index (χ3v) is 8.22. The Balaban J connectivity index is 0.00000228. The molecule has 192 valence electrons. The van der Waals surface area contributed by atoms with Crippen LogP contribution in [0.25, 0.3) is 0 Å². The van der Waals surface area contributed by atoms with E-state index in [9.17, 15) is 19.5 Å². The van der Waals surface area contributed by atoms with Gasteiger partial charge in [-0.15, -0.1) is 40.6 Å². The second-order valence-corrected chi connectivity index (χ2v) is 10.8. The molecule has 0 bridgehead atoms. The zero-order chi connectivity index (χ0) is 24.4. The fourth-order valence-corrected chi connectivity index (χ4v) is 6.42. The standard InChI is InChI=1S/C18H23N9O4S3.ClH.K.H/c1-25(2)3-4-26-18(22-23-24-26)34-7-9-6-32-15-12(14(29)27(15)13(9)16(30)31)21-11(28)5-10-8-33-17(19)20-10;;;/h8,12,15H,3-7H2,1-2H3,(H2,19,20)(H,21,28)(H,30,31);1H;;/t12-,15-;;;/m1.../s1. The van der Waals surface area contributed by atoms with E-state index >= 15 is 0 Å². The van der Waals surface area contributed by atoms with Gasteiger partial charge in [0.2, 0.25) is 11.1 Å². The number of aromatic nitrogens is 5. The SMILES string of the molecule is CN(C)CCn1nnnc1SCC1=C(C(=O)O)N2C(=O)[C@@H](NC(=O)Cc3csc(N)n3)[C@H]2SC1.Cl.[KH]. The van der Waals surface area contributed by atoms with Crippen LogP contribution in [0, 0.1) is 0 Å². The molecule has 0 spiro atoms. The number of carboxylic acid groups (broad SMARTS) is 1. The molecule has 1 saturated heterocycles. The summed E-state index contributed by atoms with van der Waals surface area (Å²) in [5.74, 6) is -1.24. The summed E-state index contributed by atoms with van der Waals surface area (Å²) in [7, 11) is 3.90. The quantitative estimate of drug-likeness (QED) is 0.175. The van der Waals surface area contributed by atoms with Crippen molar-refractivity contribution in [1.29, 1.82) is 0 Å². The van der Waals surface area contributed by atoms with Crippen LogP contribution in [0.15, 0.2) is 21.8 Å². The Labute approximate surface area is 268 Å². The van der Waals surface area contributed by atoms with Crippen LogP contribution in [0.2, 0.25) is 0 Å². The Kier molecular flexibility index (Phi) is 12.1. The molecule has 13 nitrogen and oxygen atoms in total. The summed E-state index contributed by atoms with van der Waals surface area (Å²) in [5.41, 5.74) is 6.68. The van der Waals surface area contributed by atoms with Crippen LogP contribution in [-0.4, -0.2) is 153 Å². The number of carboxylic acids is 1. The van der Waals surface area contributed by atoms with Gasteiger partial charge in [0.25, 0.3) is 5.91 Å². The van der Waals surface area contributed by atoms with Crippen molar-refractivity contribution in [3.05, 3.63) is 22.3 Å². The number of fused-ring (bicyclic) bond motifs is 1. The van der Waals surface area contributed by atoms with Crippen LogP contribution in [0.4, 0.5) is 5.13 Å². The number of nitrogens with two attached hydrogens (primary N) is 1. The molecule has 2 aromatic heterocycles. The molecule has 4 heterocycles. The number of rotatable bonds is 10. The van der Waals surface area contributed by atoms with Gasteiger partial charge in [0, 0.05) is 23.4 Å². The number of nitrogens with one attached hydrogen (secondary N) is 1. The Morgan fingerprint density at radius 3 is 2.78 bits per heavy atom. The number of anilines is 1. The number of nitrogen functional groups attached to an aromatic ring is 1. The summed E-state index contributed by atoms with van der Waals surface area (Å²) in [5, 5.41) is 26.4. The average Bonchev–Trinajstić information content (AvgIpc) is 3.41. The van der Waals surface area contributed by atoms with E-state index in [1.165, 1.54) is 39.8 Å². The molecule has 0 aliphatic carbocycles. The molecule has 0 radical (unpaired) electrons. The van der Waals surface area contributed by atoms with Crippen LogP contribution >= 0.6 is 47.3 Å². The van der Waals surface area contributed by atoms with Crippen LogP contribution < -0.4 is 11.1 Å². The zero-order valence-corrected chi connectivity index (χ0v) is 22.0. The predicted molar refractivity (Wildman–Crippen MR) is 141 cm³/mol. The number of likely N-dealkylation sites (N-methyl/N-ethyl adjacent to an activating group) is 1. The van der Waals surface area contributed by atoms with E-state index in [-0.39, 0.29) is 81.8 Å². The second kappa shape index (κ2) is 13.9. The van der Waals surface area contributed by atoms with Crippen molar-refractivity contribution in [2.45, 2.75) is 29.5 Å². The topological polar surface area (TPSA) is 172 Å². The first kappa shape index (κ1) is 31.5. The van der Waals surface area contributed by atoms with Crippen molar-refractivity contribution in [3.63, 3.8) is 0 Å². The number of β-lactam (4-membered cyclic amide) rings is 1. The number of hydrogen-bond acceptors (Lipinski definition) is 12. The van der Waals surface area contributed by atoms with Gasteiger partial charge in [-0.1, -0.05) is 11.8 Å². The van der Waals surface area contributed by atoms with Gasteiger partial charge in [0.05, 0.1) is 18.7 Å². The van der Waals surface area contributed by atoms with E-state index in [4.69, 9.17) is 5.73 Å². The average molecular weight is 602 g/mol. The summed E-state index contributed by atoms with van der Waals surface area (Å²) in [6.45, 7) is 1.36. The fourth-order valence-electron chi connectivity index (χ4n) is 3.47. The van der Waals surface area contributed by atoms with Crippen LogP contribution in [-0.2, 0) is 27.3 Å². The number of tetrazole rings is 1. The molecule has 2 aliphatic heterocycles. The Morgan fingerprint density at radius 2 is 2.14 bits per heavy atom. The summed E-state index contributed by atoms with van der Waals surface area (Å²) in [4.78, 5) is 44.5. The van der Waals surface area contributed by atoms with Crippen LogP contribution in [0.3, 0.4) is 0 Å². The molecular weight excluding hydrogens is 577 g/mol. The van der Waals surface area contributed by atoms with E-state index < -0.39 is 23.3 Å². The number of halogens is 1. The summed E-state index contributed by atoms with van der Waals surface area (Å²) in [6.07, 6.45) is 0.000917. The van der Waals surface area contributed by atoms with Crippen molar-refractivity contribution in [3.8, 4) is 0 Å². The number of carbonyl (C=O) groups is 3. The van der Waals surface area contributed by atoms with Crippen LogP contribution in [0.1, 0.15) is 5.69 Å². The molecule has 0 saturated carbocycles. The van der Waals surface area contributed by atoms with Crippen molar-refractivity contribution in [1.82, 2.24) is 40.3 Å². The molecular formula is C18H25ClKN9O4S3. The Hall–Kier alpha value is -0.764. The number of carbonyl (C=O) groups excluding carboxylic acids is 2. The molecule has 4 rings (SSSR count). The molecule has 18 heteroatoms. The minimum atomic E-state index is -1.18. The third kappa shape index (κ3) is 7.21. The molecule has 4 N–H and O–H groups in total. The fraction of sp³-hybridized carbons (Fsp3) is 0.500. The third-order valence-electron chi connectivity index (χ3n) is 5.11. The molecule has 2 amide bonds. The van der Waals surface area contributed by atoms with Gasteiger partial charge in [0.15, 0.2) is 5.13 Å². The maximum absolute atomic E-state index is 12.8. The number of thiazole rings is 1. The first-order valence-corrected chi connectivity index (χ1v) is 13.1. The Morgan fingerprint density at radius 1 is 1.39 bits per heavy atom. The number of amides is 2. The van der Waals surface area contributed by atoms with Crippen LogP contribution in [0.5, 0.6) is 0 Å². The number of aliphatic carboxylic acids is 1. The number of thioether (sulfide) groups is 2. The van der Waals surface area contributed by atoms with E-state index in [0.29, 0.717) is 39.6 Å². The van der Waals surface area contributed by atoms with Gasteiger partial charge in [-0.3, -0.25) is 14.5 Å². The van der Waals surface area contributed by atoms with Gasteiger partial charge in [-0.25, -0.2) is 14.5 Å². The van der Waals surface area contributed by atoms with Gasteiger partial charge in [-0.05, 0) is 30.1 Å². The minimum absolute atomic E-state index is 0. The molecule has 36 heavy (non-hydrogen) atoms. The second-order valence-electron chi connectivity index (χ2n) is 7.84. The molecule has 2 aromatic rings. The van der Waals surface area contributed by atoms with Crippen molar-refractivity contribution in [2.24, 2.45) is 0 Å². The summed E-state index contributed by atoms with van der Waals surface area (Å²) >= 11 is 3.98. The first-order chi connectivity index (χ1) is 16.2. The van der Waals surface area contributed by atoms with E-state index in [1.54, 1.807) is 10.1 Å². The molecule has 0 unspecified atom stereocenters. The van der Waals surface area contributed by atoms with Crippen molar-refractivity contribution >= 4 is 122 Å². The number of nitrogens with zero attached hydrogens (tertiary/aromatic N) is 7. The van der Waals surface area contributed by atoms with Crippen molar-refractivity contribution < 1.29 is 19.5 Å². The van der Waals surface area contributed by atoms with Gasteiger partial charge in [0.1, 0.15) is 17.1 Å². The van der Waals surface area contributed by atoms with E-state index in [2.05, 4.69) is 25.8 Å². The normalized spacial score (nSPS) is 18.8. The molecule has 2 atom stereocenters. The van der Waals surface area contributed by atoms with Crippen molar-refractivity contribution in [2.75, 3.05) is 37.9 Å². The van der Waals surface area contributed by atoms with E-state index in [1.807, 2.05) is 19.0 Å². The molecule has 0 aromatic carbocycles. The first-order valence-electron chi connectivity index (χ1n) is 10.2. The van der Waals surface area contributed by atoms with Gasteiger partial charge in [-0.2, -0.15) is 0 Å². The van der Waals surface area contributed by atoms with Gasteiger partial charge < -0.3 is 21.1 Å². The Bertz CT molecular complexity index is 1140. The predicted octanol–water partition coefficient (Wildman–Crippen LogP) is -0.880. The monoisotopic (exact) mass is 601 g/mol. The number of hydrogen-bond donors (Lipinski definition) is 3. The maximum atomic E-state index is 12.8. The van der Waals surface area contributed by atoms with E-state index in [0.717, 1.165) is 6.54 Å². The summed E-state index contributed by atoms with van der Waals surface area (Å²) in [6, 6.07) is -0.782. The molecule has 1 fully saturated rings. The van der Waals surface area contributed by atoms with Gasteiger partial charge >= 0.3 is 57.4 Å². The summed E-state index contributed by atoms with van der Waals surface area (Å²) < 4.78 is 1.67.